The molecule has 0 aliphatic carbocycles. The van der Waals surface area contributed by atoms with E-state index in [1.165, 1.54) is 0 Å². The number of rotatable bonds is 14. The molecule has 0 fully saturated rings. The second-order valence-electron chi connectivity index (χ2n) is 6.53. The maximum absolute atomic E-state index is 8.73. The van der Waals surface area contributed by atoms with E-state index in [1.807, 2.05) is 6.92 Å². The number of methoxy groups -OCH3 is 4. The number of unbranched alkanes of at least 4 members (excludes halogenated alkanes) is 3. The van der Waals surface area contributed by atoms with Crippen LogP contribution in [0.3, 0.4) is 0 Å². The minimum absolute atomic E-state index is 0.260. The fourth-order valence-electron chi connectivity index (χ4n) is 3.23. The van der Waals surface area contributed by atoms with E-state index in [4.69, 9.17) is 24.1 Å². The number of aliphatic hydroxyl groups is 1. The summed E-state index contributed by atoms with van der Waals surface area (Å²) in [5.74, 6) is 2.57. The van der Waals surface area contributed by atoms with Gasteiger partial charge in [0.1, 0.15) is 0 Å². The van der Waals surface area contributed by atoms with Gasteiger partial charge < -0.3 is 24.1 Å². The first kappa shape index (κ1) is 23.9. The van der Waals surface area contributed by atoms with Gasteiger partial charge in [-0.25, -0.2) is 0 Å². The quantitative estimate of drug-likeness (QED) is 0.356. The third kappa shape index (κ3) is 6.79. The molecule has 0 aliphatic heterocycles. The zero-order valence-electron chi connectivity index (χ0n) is 18.0. The smallest absolute Gasteiger partial charge is 0.207 e. The summed E-state index contributed by atoms with van der Waals surface area (Å²) in [5.41, 5.74) is 2.13. The lowest BCUT2D eigenvalue weighted by atomic mass is 9.98. The van der Waals surface area contributed by atoms with E-state index in [0.717, 1.165) is 61.8 Å². The van der Waals surface area contributed by atoms with E-state index in [1.54, 1.807) is 28.4 Å². The predicted octanol–water partition coefficient (Wildman–Crippen LogP) is 5.02. The third-order valence-corrected chi connectivity index (χ3v) is 4.68. The molecular formula is C23H36O5. The molecule has 5 nitrogen and oxygen atoms in total. The Labute approximate surface area is 170 Å². The van der Waals surface area contributed by atoms with E-state index in [0.29, 0.717) is 17.2 Å². The van der Waals surface area contributed by atoms with Crippen molar-refractivity contribution in [2.24, 2.45) is 0 Å². The number of allylic oxidation sites excluding steroid dienone is 4. The molecule has 1 aromatic rings. The molecule has 0 spiro atoms. The van der Waals surface area contributed by atoms with E-state index in [9.17, 15) is 0 Å². The predicted molar refractivity (Wildman–Crippen MR) is 114 cm³/mol. The van der Waals surface area contributed by atoms with Crippen LogP contribution in [0, 0.1) is 6.92 Å². The average Bonchev–Trinajstić information content (AvgIpc) is 2.71. The van der Waals surface area contributed by atoms with Crippen LogP contribution < -0.4 is 18.9 Å². The van der Waals surface area contributed by atoms with Gasteiger partial charge in [0.15, 0.2) is 11.5 Å². The fourth-order valence-corrected chi connectivity index (χ4v) is 3.23. The van der Waals surface area contributed by atoms with Crippen molar-refractivity contribution in [1.82, 2.24) is 0 Å². The number of ether oxygens (including phenoxy) is 4. The van der Waals surface area contributed by atoms with E-state index < -0.39 is 0 Å². The van der Waals surface area contributed by atoms with Gasteiger partial charge in [0.25, 0.3) is 0 Å². The van der Waals surface area contributed by atoms with E-state index in [-0.39, 0.29) is 6.61 Å². The zero-order valence-corrected chi connectivity index (χ0v) is 18.0. The number of aliphatic hydroxyl groups excluding tert-OH is 1. The van der Waals surface area contributed by atoms with Crippen molar-refractivity contribution in [3.8, 4) is 23.0 Å². The van der Waals surface area contributed by atoms with Crippen molar-refractivity contribution >= 4 is 0 Å². The summed E-state index contributed by atoms with van der Waals surface area (Å²) >= 11 is 0. The van der Waals surface area contributed by atoms with Gasteiger partial charge in [-0.2, -0.15) is 0 Å². The summed E-state index contributed by atoms with van der Waals surface area (Å²) in [6, 6.07) is 0. The van der Waals surface area contributed by atoms with Crippen LogP contribution in [-0.4, -0.2) is 40.2 Å². The van der Waals surface area contributed by atoms with Crippen LogP contribution >= 0.6 is 0 Å². The monoisotopic (exact) mass is 392 g/mol. The lowest BCUT2D eigenvalue weighted by molar-refractivity contribution is 0.289. The van der Waals surface area contributed by atoms with Gasteiger partial charge in [0.05, 0.1) is 28.4 Å². The van der Waals surface area contributed by atoms with Gasteiger partial charge in [-0.1, -0.05) is 24.3 Å². The van der Waals surface area contributed by atoms with Crippen LogP contribution in [0.1, 0.15) is 49.7 Å². The minimum atomic E-state index is 0.260. The Hall–Kier alpha value is -2.14. The highest BCUT2D eigenvalue weighted by Gasteiger charge is 2.24. The largest absolute Gasteiger partial charge is 0.492 e. The van der Waals surface area contributed by atoms with E-state index >= 15 is 0 Å². The second-order valence-corrected chi connectivity index (χ2v) is 6.53. The number of hydrogen-bond acceptors (Lipinski definition) is 5. The Balaban J connectivity index is 2.66. The molecule has 0 saturated carbocycles. The average molecular weight is 393 g/mol. The molecule has 0 aliphatic rings. The molecule has 0 unspecified atom stereocenters. The minimum Gasteiger partial charge on any atom is -0.492 e. The molecular weight excluding hydrogens is 356 g/mol. The molecule has 0 radical (unpaired) electrons. The first-order valence-corrected chi connectivity index (χ1v) is 9.92. The Kier molecular flexibility index (Phi) is 11.9. The highest BCUT2D eigenvalue weighted by molar-refractivity contribution is 5.66. The van der Waals surface area contributed by atoms with Crippen molar-refractivity contribution in [2.45, 2.75) is 51.9 Å². The van der Waals surface area contributed by atoms with Crippen molar-refractivity contribution in [1.29, 1.82) is 0 Å². The summed E-state index contributed by atoms with van der Waals surface area (Å²) in [6.07, 6.45) is 15.5. The Morgan fingerprint density at radius 2 is 1.21 bits per heavy atom. The summed E-state index contributed by atoms with van der Waals surface area (Å²) in [5, 5.41) is 8.73. The standard InChI is InChI=1S/C23H36O5/c1-18-19(16-14-12-10-8-6-7-9-11-13-15-17-24)21(26-3)23(28-5)22(27-4)20(18)25-2/h6,8-9,11,24H,7,10,12-17H2,1-5H3. The second kappa shape index (κ2) is 13.9. The normalized spacial score (nSPS) is 11.4. The molecule has 158 valence electrons. The SMILES string of the molecule is COc1c(C)c(CCCCC=CCC=CCCCO)c(OC)c(OC)c1OC. The summed E-state index contributed by atoms with van der Waals surface area (Å²) in [6.45, 7) is 2.29. The van der Waals surface area contributed by atoms with Gasteiger partial charge in [-0.15, -0.1) is 0 Å². The molecule has 5 heteroatoms. The molecule has 1 rings (SSSR count). The molecule has 1 N–H and O–H groups in total. The van der Waals surface area contributed by atoms with Crippen molar-refractivity contribution in [3.63, 3.8) is 0 Å². The maximum Gasteiger partial charge on any atom is 0.207 e. The molecule has 0 bridgehead atoms. The zero-order chi connectivity index (χ0) is 20.8. The first-order chi connectivity index (χ1) is 13.7. The molecule has 0 aromatic heterocycles. The van der Waals surface area contributed by atoms with Gasteiger partial charge in [0, 0.05) is 17.7 Å². The summed E-state index contributed by atoms with van der Waals surface area (Å²) in [4.78, 5) is 0. The Morgan fingerprint density at radius 1 is 0.679 bits per heavy atom. The highest BCUT2D eigenvalue weighted by atomic mass is 16.5. The maximum atomic E-state index is 8.73. The Morgan fingerprint density at radius 3 is 1.75 bits per heavy atom. The highest BCUT2D eigenvalue weighted by Crippen LogP contribution is 2.49. The molecule has 0 saturated heterocycles. The van der Waals surface area contributed by atoms with Gasteiger partial charge in [-0.05, 0) is 51.9 Å². The van der Waals surface area contributed by atoms with Crippen LogP contribution in [0.15, 0.2) is 24.3 Å². The molecule has 0 atom stereocenters. The molecule has 1 aromatic carbocycles. The van der Waals surface area contributed by atoms with Crippen molar-refractivity contribution in [2.75, 3.05) is 35.0 Å². The van der Waals surface area contributed by atoms with Crippen LogP contribution in [0.5, 0.6) is 23.0 Å². The molecule has 0 amide bonds. The van der Waals surface area contributed by atoms with Gasteiger partial charge >= 0.3 is 0 Å². The lowest BCUT2D eigenvalue weighted by Crippen LogP contribution is -2.05. The number of benzene rings is 1. The molecule has 28 heavy (non-hydrogen) atoms. The third-order valence-electron chi connectivity index (χ3n) is 4.68. The summed E-state index contributed by atoms with van der Waals surface area (Å²) in [7, 11) is 6.52. The van der Waals surface area contributed by atoms with Crippen LogP contribution in [0.4, 0.5) is 0 Å². The van der Waals surface area contributed by atoms with Crippen LogP contribution in [0.25, 0.3) is 0 Å². The topological polar surface area (TPSA) is 57.2 Å². The van der Waals surface area contributed by atoms with Gasteiger partial charge in [-0.3, -0.25) is 0 Å². The molecule has 0 heterocycles. The van der Waals surface area contributed by atoms with Crippen LogP contribution in [-0.2, 0) is 6.42 Å². The lowest BCUT2D eigenvalue weighted by Gasteiger charge is -2.21. The van der Waals surface area contributed by atoms with Crippen LogP contribution in [0.2, 0.25) is 0 Å². The summed E-state index contributed by atoms with van der Waals surface area (Å²) < 4.78 is 22.2. The fraction of sp³-hybridized carbons (Fsp3) is 0.565. The van der Waals surface area contributed by atoms with Crippen molar-refractivity contribution < 1.29 is 24.1 Å². The van der Waals surface area contributed by atoms with Crippen molar-refractivity contribution in [3.05, 3.63) is 35.4 Å². The van der Waals surface area contributed by atoms with Gasteiger partial charge in [0.2, 0.25) is 11.5 Å². The van der Waals surface area contributed by atoms with E-state index in [2.05, 4.69) is 24.3 Å². The first-order valence-electron chi connectivity index (χ1n) is 9.92. The Bertz CT molecular complexity index is 635. The number of hydrogen-bond donors (Lipinski definition) is 1.